The highest BCUT2D eigenvalue weighted by atomic mass is 35.5. The summed E-state index contributed by atoms with van der Waals surface area (Å²) in [5, 5.41) is 0. The standard InChI is InChI=1S/C15H19FN2O.ClH/c1-9-6-11(16)3-4-12(9)15(19)18-7-10-2-5-14(17)13(10)8-18;/h3-4,6,10,13-14H,2,5,7-8,17H2,1H3;1H. The summed E-state index contributed by atoms with van der Waals surface area (Å²) in [6.45, 7) is 3.33. The molecule has 1 heterocycles. The van der Waals surface area contributed by atoms with E-state index in [9.17, 15) is 9.18 Å². The van der Waals surface area contributed by atoms with Gasteiger partial charge in [0.1, 0.15) is 5.82 Å². The Morgan fingerprint density at radius 1 is 1.35 bits per heavy atom. The highest BCUT2D eigenvalue weighted by Gasteiger charge is 2.42. The van der Waals surface area contributed by atoms with Gasteiger partial charge in [-0.3, -0.25) is 4.79 Å². The van der Waals surface area contributed by atoms with E-state index < -0.39 is 0 Å². The van der Waals surface area contributed by atoms with E-state index >= 15 is 0 Å². The number of aryl methyl sites for hydroxylation is 1. The van der Waals surface area contributed by atoms with Crippen molar-refractivity contribution >= 4 is 18.3 Å². The Morgan fingerprint density at radius 2 is 2.10 bits per heavy atom. The Bertz CT molecular complexity index is 523. The molecule has 0 radical (unpaired) electrons. The molecule has 3 nitrogen and oxygen atoms in total. The van der Waals surface area contributed by atoms with E-state index in [1.165, 1.54) is 12.1 Å². The van der Waals surface area contributed by atoms with Crippen LogP contribution in [-0.4, -0.2) is 29.9 Å². The third kappa shape index (κ3) is 2.54. The first-order chi connectivity index (χ1) is 9.06. The zero-order valence-electron chi connectivity index (χ0n) is 11.5. The van der Waals surface area contributed by atoms with Gasteiger partial charge in [0.05, 0.1) is 0 Å². The van der Waals surface area contributed by atoms with Crippen LogP contribution in [0.3, 0.4) is 0 Å². The van der Waals surface area contributed by atoms with Crippen LogP contribution in [0.15, 0.2) is 18.2 Å². The summed E-state index contributed by atoms with van der Waals surface area (Å²) >= 11 is 0. The Morgan fingerprint density at radius 3 is 2.75 bits per heavy atom. The monoisotopic (exact) mass is 298 g/mol. The minimum absolute atomic E-state index is 0. The second-order valence-corrected chi connectivity index (χ2v) is 5.83. The molecule has 1 aliphatic heterocycles. The van der Waals surface area contributed by atoms with Gasteiger partial charge in [-0.05, 0) is 55.4 Å². The maximum Gasteiger partial charge on any atom is 0.254 e. The van der Waals surface area contributed by atoms with E-state index in [-0.39, 0.29) is 30.2 Å². The molecule has 2 aliphatic rings. The number of carbonyl (C=O) groups is 1. The molecule has 3 unspecified atom stereocenters. The Hall–Kier alpha value is -1.13. The largest absolute Gasteiger partial charge is 0.338 e. The molecule has 1 aromatic carbocycles. The number of carbonyl (C=O) groups excluding carboxylic acids is 1. The van der Waals surface area contributed by atoms with Gasteiger partial charge in [0, 0.05) is 24.7 Å². The van der Waals surface area contributed by atoms with Crippen LogP contribution >= 0.6 is 12.4 Å². The van der Waals surface area contributed by atoms with Gasteiger partial charge >= 0.3 is 0 Å². The molecular formula is C15H20ClFN2O. The second-order valence-electron chi connectivity index (χ2n) is 5.83. The first-order valence-corrected chi connectivity index (χ1v) is 6.87. The zero-order chi connectivity index (χ0) is 13.6. The summed E-state index contributed by atoms with van der Waals surface area (Å²) < 4.78 is 13.1. The van der Waals surface area contributed by atoms with Crippen molar-refractivity contribution in [2.75, 3.05) is 13.1 Å². The normalized spacial score (nSPS) is 28.1. The van der Waals surface area contributed by atoms with Crippen LogP contribution in [0, 0.1) is 24.6 Å². The van der Waals surface area contributed by atoms with Crippen molar-refractivity contribution in [3.05, 3.63) is 35.1 Å². The molecule has 1 aliphatic carbocycles. The minimum atomic E-state index is -0.297. The minimum Gasteiger partial charge on any atom is -0.338 e. The number of benzene rings is 1. The third-order valence-electron chi connectivity index (χ3n) is 4.62. The molecule has 3 rings (SSSR count). The number of rotatable bonds is 1. The van der Waals surface area contributed by atoms with Gasteiger partial charge in [-0.2, -0.15) is 0 Å². The lowest BCUT2D eigenvalue weighted by molar-refractivity contribution is 0.0779. The molecule has 1 saturated heterocycles. The van der Waals surface area contributed by atoms with E-state index in [2.05, 4.69) is 0 Å². The van der Waals surface area contributed by atoms with Gasteiger partial charge in [-0.15, -0.1) is 12.4 Å². The van der Waals surface area contributed by atoms with Crippen LogP contribution in [0.1, 0.15) is 28.8 Å². The van der Waals surface area contributed by atoms with Crippen molar-refractivity contribution in [3.63, 3.8) is 0 Å². The number of hydrogen-bond donors (Lipinski definition) is 1. The highest BCUT2D eigenvalue weighted by molar-refractivity contribution is 5.95. The fourth-order valence-corrected chi connectivity index (χ4v) is 3.51. The van der Waals surface area contributed by atoms with Crippen LogP contribution in [0.2, 0.25) is 0 Å². The van der Waals surface area contributed by atoms with Gasteiger partial charge in [0.25, 0.3) is 5.91 Å². The predicted octanol–water partition coefficient (Wildman–Crippen LogP) is 2.37. The predicted molar refractivity (Wildman–Crippen MR) is 78.5 cm³/mol. The van der Waals surface area contributed by atoms with Crippen molar-refractivity contribution in [3.8, 4) is 0 Å². The second kappa shape index (κ2) is 5.70. The quantitative estimate of drug-likeness (QED) is 0.865. The molecule has 1 amide bonds. The summed E-state index contributed by atoms with van der Waals surface area (Å²) in [6.07, 6.45) is 2.20. The first kappa shape index (κ1) is 15.3. The molecule has 20 heavy (non-hydrogen) atoms. The number of hydrogen-bond acceptors (Lipinski definition) is 2. The molecule has 2 fully saturated rings. The smallest absolute Gasteiger partial charge is 0.254 e. The zero-order valence-corrected chi connectivity index (χ0v) is 12.3. The molecule has 0 aromatic heterocycles. The lowest BCUT2D eigenvalue weighted by atomic mass is 9.98. The average molecular weight is 299 g/mol. The molecule has 2 N–H and O–H groups in total. The molecule has 5 heteroatoms. The summed E-state index contributed by atoms with van der Waals surface area (Å²) in [4.78, 5) is 14.4. The fourth-order valence-electron chi connectivity index (χ4n) is 3.51. The molecule has 0 spiro atoms. The summed E-state index contributed by atoms with van der Waals surface area (Å²) in [5.41, 5.74) is 7.39. The van der Waals surface area contributed by atoms with Gasteiger partial charge < -0.3 is 10.6 Å². The maximum atomic E-state index is 13.1. The highest BCUT2D eigenvalue weighted by Crippen LogP contribution is 2.37. The van der Waals surface area contributed by atoms with Gasteiger partial charge in [0.15, 0.2) is 0 Å². The van der Waals surface area contributed by atoms with E-state index in [0.717, 1.165) is 25.9 Å². The van der Waals surface area contributed by atoms with Gasteiger partial charge in [0.2, 0.25) is 0 Å². The Kier molecular flexibility index (Phi) is 4.35. The number of nitrogens with zero attached hydrogens (tertiary/aromatic N) is 1. The number of nitrogens with two attached hydrogens (primary N) is 1. The number of halogens is 2. The van der Waals surface area contributed by atoms with E-state index in [1.54, 1.807) is 13.0 Å². The van der Waals surface area contributed by atoms with E-state index in [1.807, 2.05) is 4.90 Å². The number of amides is 1. The van der Waals surface area contributed by atoms with Gasteiger partial charge in [-0.25, -0.2) is 4.39 Å². The molecule has 1 saturated carbocycles. The molecule has 3 atom stereocenters. The van der Waals surface area contributed by atoms with Crippen LogP contribution in [-0.2, 0) is 0 Å². The lowest BCUT2D eigenvalue weighted by Crippen LogP contribution is -2.33. The van der Waals surface area contributed by atoms with Crippen molar-refractivity contribution < 1.29 is 9.18 Å². The SMILES string of the molecule is Cc1cc(F)ccc1C(=O)N1CC2CCC(N)C2C1.Cl. The van der Waals surface area contributed by atoms with E-state index in [0.29, 0.717) is 23.0 Å². The summed E-state index contributed by atoms with van der Waals surface area (Å²) in [6, 6.07) is 4.58. The Labute approximate surface area is 124 Å². The molecule has 1 aromatic rings. The lowest BCUT2D eigenvalue weighted by Gasteiger charge is -2.19. The number of likely N-dealkylation sites (tertiary alicyclic amines) is 1. The molecular weight excluding hydrogens is 279 g/mol. The van der Waals surface area contributed by atoms with Crippen LogP contribution in [0.4, 0.5) is 4.39 Å². The van der Waals surface area contributed by atoms with Crippen molar-refractivity contribution in [2.24, 2.45) is 17.6 Å². The summed E-state index contributed by atoms with van der Waals surface area (Å²) in [7, 11) is 0. The first-order valence-electron chi connectivity index (χ1n) is 6.87. The van der Waals surface area contributed by atoms with Crippen LogP contribution in [0.5, 0.6) is 0 Å². The molecule has 110 valence electrons. The van der Waals surface area contributed by atoms with E-state index in [4.69, 9.17) is 5.73 Å². The van der Waals surface area contributed by atoms with Crippen LogP contribution < -0.4 is 5.73 Å². The maximum absolute atomic E-state index is 13.1. The number of fused-ring (bicyclic) bond motifs is 1. The fraction of sp³-hybridized carbons (Fsp3) is 0.533. The third-order valence-corrected chi connectivity index (χ3v) is 4.62. The van der Waals surface area contributed by atoms with Crippen molar-refractivity contribution in [1.29, 1.82) is 0 Å². The molecule has 0 bridgehead atoms. The van der Waals surface area contributed by atoms with Gasteiger partial charge in [-0.1, -0.05) is 0 Å². The Balaban J connectivity index is 0.00000147. The van der Waals surface area contributed by atoms with Crippen molar-refractivity contribution in [1.82, 2.24) is 4.90 Å². The average Bonchev–Trinajstić information content (AvgIpc) is 2.91. The van der Waals surface area contributed by atoms with Crippen LogP contribution in [0.25, 0.3) is 0 Å². The van der Waals surface area contributed by atoms with Crippen molar-refractivity contribution in [2.45, 2.75) is 25.8 Å². The summed E-state index contributed by atoms with van der Waals surface area (Å²) in [5.74, 6) is 0.720. The topological polar surface area (TPSA) is 46.3 Å².